The number of carbonyl (C=O) groups is 1. The number of likely N-dealkylation sites (tertiary alicyclic amines) is 1. The second-order valence-electron chi connectivity index (χ2n) is 5.71. The van der Waals surface area contributed by atoms with Crippen LogP contribution in [0.4, 0.5) is 10.5 Å². The molecule has 2 aliphatic rings. The highest BCUT2D eigenvalue weighted by Gasteiger charge is 2.35. The molecule has 2 aliphatic heterocycles. The molecule has 0 saturated carbocycles. The van der Waals surface area contributed by atoms with E-state index in [1.807, 2.05) is 36.1 Å². The molecule has 2 fully saturated rings. The number of carbonyl (C=O) groups excluding carboxylic acids is 1. The molecule has 108 valence electrons. The van der Waals surface area contributed by atoms with E-state index < -0.39 is 0 Å². The topological polar surface area (TPSA) is 67.6 Å². The number of ether oxygens (including phenoxy) is 1. The van der Waals surface area contributed by atoms with Crippen molar-refractivity contribution < 1.29 is 9.53 Å². The van der Waals surface area contributed by atoms with Crippen molar-refractivity contribution in [3.05, 3.63) is 29.8 Å². The monoisotopic (exact) mass is 275 g/mol. The maximum Gasteiger partial charge on any atom is 0.322 e. The van der Waals surface area contributed by atoms with E-state index in [1.165, 1.54) is 0 Å². The van der Waals surface area contributed by atoms with Gasteiger partial charge in [-0.3, -0.25) is 0 Å². The Morgan fingerprint density at radius 2 is 2.10 bits per heavy atom. The van der Waals surface area contributed by atoms with E-state index in [1.54, 1.807) is 0 Å². The van der Waals surface area contributed by atoms with Gasteiger partial charge in [0, 0.05) is 24.8 Å². The first-order chi connectivity index (χ1) is 9.61. The lowest BCUT2D eigenvalue weighted by atomic mass is 10.1. The van der Waals surface area contributed by atoms with Crippen LogP contribution in [0, 0.1) is 0 Å². The molecule has 0 spiro atoms. The van der Waals surface area contributed by atoms with Crippen LogP contribution in [0.2, 0.25) is 0 Å². The molecule has 5 heteroatoms. The summed E-state index contributed by atoms with van der Waals surface area (Å²) in [5.41, 5.74) is 7.67. The fraction of sp³-hybridized carbons (Fsp3) is 0.533. The summed E-state index contributed by atoms with van der Waals surface area (Å²) in [5, 5.41) is 2.95. The number of nitrogens with one attached hydrogen (secondary N) is 1. The lowest BCUT2D eigenvalue weighted by Gasteiger charge is -2.32. The van der Waals surface area contributed by atoms with Crippen molar-refractivity contribution in [2.24, 2.45) is 5.73 Å². The Balaban J connectivity index is 1.65. The molecule has 2 heterocycles. The van der Waals surface area contributed by atoms with Gasteiger partial charge in [0.05, 0.1) is 12.2 Å². The van der Waals surface area contributed by atoms with Crippen LogP contribution in [0.15, 0.2) is 24.3 Å². The number of hydrogen-bond acceptors (Lipinski definition) is 3. The minimum Gasteiger partial charge on any atom is -0.371 e. The molecule has 1 aromatic rings. The Bertz CT molecular complexity index is 492. The van der Waals surface area contributed by atoms with Crippen LogP contribution in [-0.4, -0.2) is 36.2 Å². The lowest BCUT2D eigenvalue weighted by Crippen LogP contribution is -2.47. The maximum atomic E-state index is 12.3. The molecular formula is C15H21N3O2. The van der Waals surface area contributed by atoms with E-state index in [0.717, 1.165) is 24.1 Å². The summed E-state index contributed by atoms with van der Waals surface area (Å²) in [4.78, 5) is 14.1. The van der Waals surface area contributed by atoms with Gasteiger partial charge in [0.25, 0.3) is 0 Å². The Morgan fingerprint density at radius 3 is 2.75 bits per heavy atom. The summed E-state index contributed by atoms with van der Waals surface area (Å²) in [5.74, 6) is 0. The van der Waals surface area contributed by atoms with Gasteiger partial charge in [0.1, 0.15) is 0 Å². The lowest BCUT2D eigenvalue weighted by molar-refractivity contribution is -0.0219. The van der Waals surface area contributed by atoms with E-state index in [0.29, 0.717) is 13.1 Å². The van der Waals surface area contributed by atoms with Crippen LogP contribution in [0.1, 0.15) is 31.4 Å². The van der Waals surface area contributed by atoms with Gasteiger partial charge in [0.15, 0.2) is 0 Å². The number of urea groups is 1. The molecule has 2 bridgehead atoms. The van der Waals surface area contributed by atoms with Gasteiger partial charge in [-0.1, -0.05) is 12.1 Å². The highest BCUT2D eigenvalue weighted by Crippen LogP contribution is 2.26. The summed E-state index contributed by atoms with van der Waals surface area (Å²) in [6, 6.07) is 7.61. The van der Waals surface area contributed by atoms with Crippen molar-refractivity contribution in [2.75, 3.05) is 18.4 Å². The van der Waals surface area contributed by atoms with Gasteiger partial charge in [0.2, 0.25) is 0 Å². The fourth-order valence-corrected chi connectivity index (χ4v) is 2.88. The summed E-state index contributed by atoms with van der Waals surface area (Å²) in [7, 11) is 0. The normalized spacial score (nSPS) is 26.4. The molecule has 20 heavy (non-hydrogen) atoms. The van der Waals surface area contributed by atoms with E-state index in [-0.39, 0.29) is 24.3 Å². The molecule has 2 saturated heterocycles. The van der Waals surface area contributed by atoms with E-state index in [4.69, 9.17) is 10.5 Å². The first-order valence-corrected chi connectivity index (χ1v) is 7.19. The van der Waals surface area contributed by atoms with Gasteiger partial charge in [-0.25, -0.2) is 4.79 Å². The average molecular weight is 275 g/mol. The molecule has 0 aromatic heterocycles. The number of hydrogen-bond donors (Lipinski definition) is 2. The summed E-state index contributed by atoms with van der Waals surface area (Å²) < 4.78 is 5.74. The van der Waals surface area contributed by atoms with Crippen LogP contribution in [0.5, 0.6) is 0 Å². The number of rotatable bonds is 2. The first kappa shape index (κ1) is 13.4. The molecule has 2 amide bonds. The third-order valence-corrected chi connectivity index (χ3v) is 3.99. The fourth-order valence-electron chi connectivity index (χ4n) is 2.88. The van der Waals surface area contributed by atoms with E-state index in [2.05, 4.69) is 5.32 Å². The second kappa shape index (κ2) is 5.42. The zero-order chi connectivity index (χ0) is 14.1. The Kier molecular flexibility index (Phi) is 3.63. The third-order valence-electron chi connectivity index (χ3n) is 3.99. The van der Waals surface area contributed by atoms with Gasteiger partial charge >= 0.3 is 6.03 Å². The van der Waals surface area contributed by atoms with Gasteiger partial charge in [-0.05, 0) is 37.5 Å². The third kappa shape index (κ3) is 2.78. The Labute approximate surface area is 119 Å². The maximum absolute atomic E-state index is 12.3. The number of nitrogens with two attached hydrogens (primary N) is 1. The number of morpholine rings is 1. The van der Waals surface area contributed by atoms with Gasteiger partial charge < -0.3 is 20.7 Å². The predicted molar refractivity (Wildman–Crippen MR) is 77.5 cm³/mol. The molecule has 0 radical (unpaired) electrons. The smallest absolute Gasteiger partial charge is 0.322 e. The van der Waals surface area contributed by atoms with Crippen molar-refractivity contribution in [3.8, 4) is 0 Å². The van der Waals surface area contributed by atoms with Crippen molar-refractivity contribution in [1.82, 2.24) is 4.90 Å². The van der Waals surface area contributed by atoms with Crippen molar-refractivity contribution in [1.29, 1.82) is 0 Å². The summed E-state index contributed by atoms with van der Waals surface area (Å²) in [6.07, 6.45) is 2.56. The molecule has 0 aliphatic carbocycles. The molecule has 5 nitrogen and oxygen atoms in total. The molecule has 3 unspecified atom stereocenters. The van der Waals surface area contributed by atoms with Crippen LogP contribution in [0.25, 0.3) is 0 Å². The van der Waals surface area contributed by atoms with Gasteiger partial charge in [-0.15, -0.1) is 0 Å². The number of benzene rings is 1. The van der Waals surface area contributed by atoms with Crippen LogP contribution >= 0.6 is 0 Å². The van der Waals surface area contributed by atoms with Gasteiger partial charge in [-0.2, -0.15) is 0 Å². The van der Waals surface area contributed by atoms with Crippen molar-refractivity contribution in [3.63, 3.8) is 0 Å². The zero-order valence-electron chi connectivity index (χ0n) is 11.7. The van der Waals surface area contributed by atoms with Crippen LogP contribution in [0.3, 0.4) is 0 Å². The highest BCUT2D eigenvalue weighted by molar-refractivity contribution is 5.89. The van der Waals surface area contributed by atoms with Crippen LogP contribution in [-0.2, 0) is 4.74 Å². The number of fused-ring (bicyclic) bond motifs is 2. The summed E-state index contributed by atoms with van der Waals surface area (Å²) in [6.45, 7) is 3.31. The largest absolute Gasteiger partial charge is 0.371 e. The zero-order valence-corrected chi connectivity index (χ0v) is 11.7. The first-order valence-electron chi connectivity index (χ1n) is 7.19. The summed E-state index contributed by atoms with van der Waals surface area (Å²) >= 11 is 0. The van der Waals surface area contributed by atoms with Crippen molar-refractivity contribution in [2.45, 2.75) is 38.0 Å². The second-order valence-corrected chi connectivity index (χ2v) is 5.71. The Morgan fingerprint density at radius 1 is 1.40 bits per heavy atom. The molecule has 3 N–H and O–H groups in total. The molecule has 1 aromatic carbocycles. The number of anilines is 1. The highest BCUT2D eigenvalue weighted by atomic mass is 16.5. The molecule has 3 atom stereocenters. The minimum atomic E-state index is -0.0491. The van der Waals surface area contributed by atoms with Crippen LogP contribution < -0.4 is 11.1 Å². The minimum absolute atomic E-state index is 0.0360. The number of amides is 2. The van der Waals surface area contributed by atoms with E-state index in [9.17, 15) is 4.79 Å². The SMILES string of the molecule is CC(N)c1cccc(NC(=O)N2CC3CCC(C2)O3)c1. The predicted octanol–water partition coefficient (Wildman–Crippen LogP) is 2.10. The van der Waals surface area contributed by atoms with E-state index >= 15 is 0 Å². The number of nitrogens with zero attached hydrogens (tertiary/aromatic N) is 1. The molecular weight excluding hydrogens is 254 g/mol. The standard InChI is InChI=1S/C15H21N3O2/c1-10(16)11-3-2-4-12(7-11)17-15(19)18-8-13-5-6-14(9-18)20-13/h2-4,7,10,13-14H,5-6,8-9,16H2,1H3,(H,17,19). The quantitative estimate of drug-likeness (QED) is 0.868. The molecule has 3 rings (SSSR count). The van der Waals surface area contributed by atoms with Crippen molar-refractivity contribution >= 4 is 11.7 Å². The average Bonchev–Trinajstić information content (AvgIpc) is 2.77. The Hall–Kier alpha value is -1.59.